The molecule has 0 saturated carbocycles. The van der Waals surface area contributed by atoms with Gasteiger partial charge in [0, 0.05) is 33.2 Å². The minimum atomic E-state index is 0.331. The lowest BCUT2D eigenvalue weighted by Gasteiger charge is -2.24. The molecular formula is C43H91NO3. The molecule has 0 atom stereocenters. The number of aliphatic hydroxyl groups is 2. The topological polar surface area (TPSA) is 60.8 Å². The van der Waals surface area contributed by atoms with E-state index in [1.165, 1.54) is 180 Å². The molecule has 0 spiro atoms. The van der Waals surface area contributed by atoms with E-state index in [0.29, 0.717) is 24.3 Å². The lowest BCUT2D eigenvalue weighted by atomic mass is 10.0. The van der Waals surface area contributed by atoms with Crippen molar-refractivity contribution < 1.29 is 15.0 Å². The van der Waals surface area contributed by atoms with Gasteiger partial charge in [0.25, 0.3) is 0 Å². The first-order valence-corrected chi connectivity index (χ1v) is 21.2. The second-order valence-electron chi connectivity index (χ2n) is 15.1. The summed E-state index contributed by atoms with van der Waals surface area (Å²) in [4.78, 5) is 15.0. The summed E-state index contributed by atoms with van der Waals surface area (Å²) in [5.41, 5.74) is 0. The predicted octanol–water partition coefficient (Wildman–Crippen LogP) is 13.5. The zero-order chi connectivity index (χ0) is 35.6. The fraction of sp³-hybridized carbons (Fsp3) is 0.977. The fourth-order valence-corrected chi connectivity index (χ4v) is 6.09. The molecule has 2 N–H and O–H groups in total. The van der Waals surface area contributed by atoms with Crippen LogP contribution in [0.1, 0.15) is 234 Å². The van der Waals surface area contributed by atoms with Crippen LogP contribution in [0.2, 0.25) is 0 Å². The zero-order valence-corrected chi connectivity index (χ0v) is 33.7. The van der Waals surface area contributed by atoms with Crippen molar-refractivity contribution in [1.82, 2.24) is 4.90 Å². The van der Waals surface area contributed by atoms with Crippen LogP contribution in [0.5, 0.6) is 0 Å². The normalized spacial score (nSPS) is 11.0. The Labute approximate surface area is 298 Å². The molecule has 0 saturated heterocycles. The van der Waals surface area contributed by atoms with Crippen LogP contribution >= 0.6 is 0 Å². The van der Waals surface area contributed by atoms with Crippen LogP contribution in [0.15, 0.2) is 0 Å². The SMILES string of the molecule is CC(C)CCO.CCCCCCCCCCCCCCCCN(CCCCCCCCCCCCCCCC)C(=O)CC(C)C.CO. The quantitative estimate of drug-likeness (QED) is 0.0670. The smallest absolute Gasteiger partial charge is 0.222 e. The second-order valence-corrected chi connectivity index (χ2v) is 15.1. The first-order valence-electron chi connectivity index (χ1n) is 21.2. The molecule has 0 aromatic rings. The molecule has 4 nitrogen and oxygen atoms in total. The van der Waals surface area contributed by atoms with Crippen LogP contribution in [0, 0.1) is 11.8 Å². The van der Waals surface area contributed by atoms with E-state index in [-0.39, 0.29) is 0 Å². The number of carbonyl (C=O) groups excluding carboxylic acids is 1. The Kier molecular flexibility index (Phi) is 49.0. The van der Waals surface area contributed by atoms with Crippen molar-refractivity contribution in [2.45, 2.75) is 234 Å². The average molecular weight is 670 g/mol. The lowest BCUT2D eigenvalue weighted by molar-refractivity contribution is -0.132. The summed E-state index contributed by atoms with van der Waals surface area (Å²) in [6.07, 6.45) is 40.6. The number of carbonyl (C=O) groups is 1. The van der Waals surface area contributed by atoms with Crippen molar-refractivity contribution in [3.63, 3.8) is 0 Å². The van der Waals surface area contributed by atoms with Gasteiger partial charge in [-0.1, -0.05) is 208 Å². The number of amides is 1. The summed E-state index contributed by atoms with van der Waals surface area (Å²) in [5.74, 6) is 1.51. The van der Waals surface area contributed by atoms with Gasteiger partial charge in [-0.2, -0.15) is 0 Å². The largest absolute Gasteiger partial charge is 0.400 e. The van der Waals surface area contributed by atoms with Gasteiger partial charge in [0.05, 0.1) is 0 Å². The zero-order valence-electron chi connectivity index (χ0n) is 33.7. The third kappa shape index (κ3) is 47.6. The van der Waals surface area contributed by atoms with Gasteiger partial charge >= 0.3 is 0 Å². The van der Waals surface area contributed by atoms with Crippen molar-refractivity contribution in [2.24, 2.45) is 11.8 Å². The second kappa shape index (κ2) is 45.4. The Morgan fingerprint density at radius 1 is 0.447 bits per heavy atom. The van der Waals surface area contributed by atoms with Crippen LogP contribution in [0.25, 0.3) is 0 Å². The lowest BCUT2D eigenvalue weighted by Crippen LogP contribution is -2.33. The monoisotopic (exact) mass is 670 g/mol. The van der Waals surface area contributed by atoms with E-state index < -0.39 is 0 Å². The average Bonchev–Trinajstić information content (AvgIpc) is 3.04. The van der Waals surface area contributed by atoms with Gasteiger partial charge in [-0.15, -0.1) is 0 Å². The molecule has 0 aromatic heterocycles. The van der Waals surface area contributed by atoms with Gasteiger partial charge in [-0.3, -0.25) is 4.79 Å². The standard InChI is InChI=1S/C37H75NO.C5H12O.CH4O/c1-5-7-9-11-13-15-17-19-21-23-25-27-29-31-33-38(37(39)35-36(3)4)34-32-30-28-26-24-22-20-18-16-14-12-10-8-6-2;1-5(2)3-4-6;1-2/h36H,5-35H2,1-4H3;5-6H,3-4H2,1-2H3;2H,1H3. The van der Waals surface area contributed by atoms with Crippen LogP contribution < -0.4 is 0 Å². The molecule has 1 amide bonds. The van der Waals surface area contributed by atoms with Gasteiger partial charge in [0.2, 0.25) is 5.91 Å². The number of hydrogen-bond acceptors (Lipinski definition) is 3. The van der Waals surface area contributed by atoms with E-state index in [2.05, 4.69) is 46.4 Å². The summed E-state index contributed by atoms with van der Waals surface area (Å²) in [6.45, 7) is 15.4. The van der Waals surface area contributed by atoms with Crippen molar-refractivity contribution in [2.75, 3.05) is 26.8 Å². The highest BCUT2D eigenvalue weighted by atomic mass is 16.3. The van der Waals surface area contributed by atoms with E-state index in [1.807, 2.05) is 0 Å². The summed E-state index contributed by atoms with van der Waals surface area (Å²) >= 11 is 0. The Bertz CT molecular complexity index is 519. The highest BCUT2D eigenvalue weighted by molar-refractivity contribution is 5.76. The van der Waals surface area contributed by atoms with E-state index >= 15 is 0 Å². The van der Waals surface area contributed by atoms with Crippen molar-refractivity contribution in [3.8, 4) is 0 Å². The Morgan fingerprint density at radius 2 is 0.702 bits per heavy atom. The third-order valence-corrected chi connectivity index (χ3v) is 9.21. The maximum Gasteiger partial charge on any atom is 0.222 e. The van der Waals surface area contributed by atoms with Crippen molar-refractivity contribution in [1.29, 1.82) is 0 Å². The summed E-state index contributed by atoms with van der Waals surface area (Å²) in [5, 5.41) is 15.2. The van der Waals surface area contributed by atoms with Crippen LogP contribution in [0.4, 0.5) is 0 Å². The van der Waals surface area contributed by atoms with Crippen LogP contribution in [-0.2, 0) is 4.79 Å². The highest BCUT2D eigenvalue weighted by Crippen LogP contribution is 2.16. The number of rotatable bonds is 34. The molecule has 0 unspecified atom stereocenters. The number of unbranched alkanes of at least 4 members (excludes halogenated alkanes) is 26. The fourth-order valence-electron chi connectivity index (χ4n) is 6.09. The third-order valence-electron chi connectivity index (χ3n) is 9.21. The van der Waals surface area contributed by atoms with Crippen LogP contribution in [0.3, 0.4) is 0 Å². The first-order chi connectivity index (χ1) is 22.9. The maximum absolute atomic E-state index is 12.8. The van der Waals surface area contributed by atoms with Gasteiger partial charge in [0.1, 0.15) is 0 Å². The Morgan fingerprint density at radius 3 is 0.894 bits per heavy atom. The molecule has 0 heterocycles. The molecule has 0 bridgehead atoms. The van der Waals surface area contributed by atoms with Crippen molar-refractivity contribution in [3.05, 3.63) is 0 Å². The molecule has 4 heteroatoms. The number of aliphatic hydroxyl groups excluding tert-OH is 2. The summed E-state index contributed by atoms with van der Waals surface area (Å²) < 4.78 is 0. The molecular weight excluding hydrogens is 578 g/mol. The molecule has 0 rings (SSSR count). The first kappa shape index (κ1) is 50.8. The van der Waals surface area contributed by atoms with E-state index in [4.69, 9.17) is 10.2 Å². The minimum absolute atomic E-state index is 0.331. The number of hydrogen-bond donors (Lipinski definition) is 2. The molecule has 0 aliphatic heterocycles. The molecule has 0 radical (unpaired) electrons. The van der Waals surface area contributed by atoms with E-state index in [1.54, 1.807) is 0 Å². The maximum atomic E-state index is 12.8. The van der Waals surface area contributed by atoms with E-state index in [0.717, 1.165) is 33.0 Å². The van der Waals surface area contributed by atoms with Gasteiger partial charge in [-0.05, 0) is 31.1 Å². The van der Waals surface area contributed by atoms with Gasteiger partial charge < -0.3 is 15.1 Å². The highest BCUT2D eigenvalue weighted by Gasteiger charge is 2.14. The molecule has 0 aromatic carbocycles. The van der Waals surface area contributed by atoms with E-state index in [9.17, 15) is 4.79 Å². The minimum Gasteiger partial charge on any atom is -0.400 e. The predicted molar refractivity (Wildman–Crippen MR) is 211 cm³/mol. The molecule has 47 heavy (non-hydrogen) atoms. The van der Waals surface area contributed by atoms with Crippen molar-refractivity contribution >= 4 is 5.91 Å². The molecule has 0 fully saturated rings. The molecule has 286 valence electrons. The number of nitrogens with zero attached hydrogens (tertiary/aromatic N) is 1. The summed E-state index contributed by atoms with van der Waals surface area (Å²) in [6, 6.07) is 0. The Hall–Kier alpha value is -0.610. The van der Waals surface area contributed by atoms with Gasteiger partial charge in [0.15, 0.2) is 0 Å². The molecule has 0 aliphatic rings. The van der Waals surface area contributed by atoms with Crippen LogP contribution in [-0.4, -0.2) is 47.8 Å². The Balaban J connectivity index is -0.00000215. The molecule has 0 aliphatic carbocycles. The summed E-state index contributed by atoms with van der Waals surface area (Å²) in [7, 11) is 1.00. The van der Waals surface area contributed by atoms with Gasteiger partial charge in [-0.25, -0.2) is 0 Å².